The van der Waals surface area contributed by atoms with E-state index in [1.54, 1.807) is 0 Å². The van der Waals surface area contributed by atoms with E-state index < -0.39 is 0 Å². The number of phenolic OH excluding ortho intramolecular Hbond substituents is 1. The fraction of sp³-hybridized carbons (Fsp3) is 0.714. The van der Waals surface area contributed by atoms with E-state index >= 15 is 0 Å². The second-order valence-electron chi connectivity index (χ2n) is 8.92. The molecule has 1 aromatic carbocycles. The molecule has 0 spiro atoms. The Morgan fingerprint density at radius 2 is 1.96 bits per heavy atom. The highest BCUT2D eigenvalue weighted by molar-refractivity contribution is 5.40. The van der Waals surface area contributed by atoms with Gasteiger partial charge >= 0.3 is 0 Å². The lowest BCUT2D eigenvalue weighted by atomic mass is 9.51. The molecule has 2 saturated carbocycles. The average molecular weight is 314 g/mol. The van der Waals surface area contributed by atoms with Crippen molar-refractivity contribution in [3.05, 3.63) is 29.3 Å². The first-order chi connectivity index (χ1) is 10.9. The highest BCUT2D eigenvalue weighted by Gasteiger charge is 2.56. The summed E-state index contributed by atoms with van der Waals surface area (Å²) < 4.78 is 0. The minimum Gasteiger partial charge on any atom is -0.508 e. The van der Waals surface area contributed by atoms with Crippen molar-refractivity contribution in [3.63, 3.8) is 0 Å². The first kappa shape index (κ1) is 15.5. The SMILES string of the molecule is CC(C)C1Cc2cc(O)ccc2C2CCC3(C)C(O)CCC3C21. The summed E-state index contributed by atoms with van der Waals surface area (Å²) in [4.78, 5) is 0. The van der Waals surface area contributed by atoms with Crippen molar-refractivity contribution in [2.45, 2.75) is 64.9 Å². The summed E-state index contributed by atoms with van der Waals surface area (Å²) in [5, 5.41) is 20.5. The summed E-state index contributed by atoms with van der Waals surface area (Å²) in [6.45, 7) is 7.05. The van der Waals surface area contributed by atoms with Crippen LogP contribution in [-0.2, 0) is 6.42 Å². The average Bonchev–Trinajstić information content (AvgIpc) is 2.81. The monoisotopic (exact) mass is 314 g/mol. The molecule has 3 aliphatic rings. The molecule has 1 aromatic rings. The van der Waals surface area contributed by atoms with Gasteiger partial charge in [0.25, 0.3) is 0 Å². The molecule has 0 aromatic heterocycles. The number of fused-ring (bicyclic) bond motifs is 5. The topological polar surface area (TPSA) is 40.5 Å². The molecule has 0 saturated heterocycles. The highest BCUT2D eigenvalue weighted by atomic mass is 16.3. The predicted molar refractivity (Wildman–Crippen MR) is 92.4 cm³/mol. The van der Waals surface area contributed by atoms with Gasteiger partial charge in [-0.15, -0.1) is 0 Å². The van der Waals surface area contributed by atoms with Crippen LogP contribution in [-0.4, -0.2) is 16.3 Å². The zero-order valence-corrected chi connectivity index (χ0v) is 14.6. The predicted octanol–water partition coefficient (Wildman–Crippen LogP) is 4.49. The molecule has 6 atom stereocenters. The Balaban J connectivity index is 1.79. The van der Waals surface area contributed by atoms with Crippen LogP contribution in [0.4, 0.5) is 0 Å². The lowest BCUT2D eigenvalue weighted by molar-refractivity contribution is -0.0450. The normalized spacial score (nSPS) is 42.2. The van der Waals surface area contributed by atoms with Gasteiger partial charge < -0.3 is 10.2 Å². The van der Waals surface area contributed by atoms with Crippen LogP contribution in [0.2, 0.25) is 0 Å². The van der Waals surface area contributed by atoms with Crippen molar-refractivity contribution < 1.29 is 10.2 Å². The lowest BCUT2D eigenvalue weighted by Gasteiger charge is -2.54. The van der Waals surface area contributed by atoms with Crippen LogP contribution in [0.25, 0.3) is 0 Å². The molecular formula is C21H30O2. The van der Waals surface area contributed by atoms with Gasteiger partial charge in [0, 0.05) is 0 Å². The van der Waals surface area contributed by atoms with Crippen molar-refractivity contribution >= 4 is 0 Å². The third-order valence-electron chi connectivity index (χ3n) is 7.61. The summed E-state index contributed by atoms with van der Waals surface area (Å²) in [6, 6.07) is 6.04. The molecule has 0 bridgehead atoms. The van der Waals surface area contributed by atoms with Crippen LogP contribution >= 0.6 is 0 Å². The van der Waals surface area contributed by atoms with Gasteiger partial charge in [-0.25, -0.2) is 0 Å². The van der Waals surface area contributed by atoms with Gasteiger partial charge in [0.15, 0.2) is 0 Å². The fourth-order valence-corrected chi connectivity index (χ4v) is 6.33. The maximum absolute atomic E-state index is 10.6. The van der Waals surface area contributed by atoms with Gasteiger partial charge in [-0.05, 0) is 90.4 Å². The van der Waals surface area contributed by atoms with Crippen molar-refractivity contribution in [2.24, 2.45) is 29.1 Å². The second-order valence-corrected chi connectivity index (χ2v) is 8.92. The molecule has 4 rings (SSSR count). The van der Waals surface area contributed by atoms with Crippen molar-refractivity contribution in [1.29, 1.82) is 0 Å². The zero-order chi connectivity index (χ0) is 16.4. The van der Waals surface area contributed by atoms with E-state index in [1.807, 2.05) is 12.1 Å². The first-order valence-electron chi connectivity index (χ1n) is 9.41. The van der Waals surface area contributed by atoms with Crippen LogP contribution in [0.5, 0.6) is 5.75 Å². The molecule has 6 unspecified atom stereocenters. The van der Waals surface area contributed by atoms with Crippen LogP contribution < -0.4 is 0 Å². The lowest BCUT2D eigenvalue weighted by Crippen LogP contribution is -2.48. The molecule has 0 radical (unpaired) electrons. The molecular weight excluding hydrogens is 284 g/mol. The zero-order valence-electron chi connectivity index (χ0n) is 14.6. The van der Waals surface area contributed by atoms with E-state index in [0.29, 0.717) is 35.3 Å². The Labute approximate surface area is 139 Å². The summed E-state index contributed by atoms with van der Waals surface area (Å²) in [6.07, 6.45) is 5.49. The highest BCUT2D eigenvalue weighted by Crippen LogP contribution is 2.63. The van der Waals surface area contributed by atoms with Gasteiger partial charge in [-0.2, -0.15) is 0 Å². The van der Waals surface area contributed by atoms with Crippen LogP contribution in [0, 0.1) is 29.1 Å². The number of phenols is 1. The first-order valence-corrected chi connectivity index (χ1v) is 9.41. The van der Waals surface area contributed by atoms with Crippen LogP contribution in [0.15, 0.2) is 18.2 Å². The number of benzene rings is 1. The molecule has 0 heterocycles. The Morgan fingerprint density at radius 3 is 2.70 bits per heavy atom. The van der Waals surface area contributed by atoms with Gasteiger partial charge in [-0.3, -0.25) is 0 Å². The Kier molecular flexibility index (Phi) is 3.53. The largest absolute Gasteiger partial charge is 0.508 e. The summed E-state index contributed by atoms with van der Waals surface area (Å²) in [7, 11) is 0. The minimum absolute atomic E-state index is 0.109. The Bertz CT molecular complexity index is 608. The number of hydrogen-bond acceptors (Lipinski definition) is 2. The van der Waals surface area contributed by atoms with E-state index in [2.05, 4.69) is 26.8 Å². The van der Waals surface area contributed by atoms with Crippen molar-refractivity contribution in [1.82, 2.24) is 0 Å². The van der Waals surface area contributed by atoms with Crippen LogP contribution in [0.1, 0.15) is 63.5 Å². The molecule has 2 N–H and O–H groups in total. The van der Waals surface area contributed by atoms with E-state index in [9.17, 15) is 10.2 Å². The third-order valence-corrected chi connectivity index (χ3v) is 7.61. The molecule has 0 amide bonds. The van der Waals surface area contributed by atoms with Crippen molar-refractivity contribution in [2.75, 3.05) is 0 Å². The van der Waals surface area contributed by atoms with E-state index in [0.717, 1.165) is 19.3 Å². The van der Waals surface area contributed by atoms with E-state index in [4.69, 9.17) is 0 Å². The van der Waals surface area contributed by atoms with Crippen molar-refractivity contribution in [3.8, 4) is 5.75 Å². The fourth-order valence-electron chi connectivity index (χ4n) is 6.33. The molecule has 2 heteroatoms. The summed E-state index contributed by atoms with van der Waals surface area (Å²) in [5.74, 6) is 3.70. The maximum atomic E-state index is 10.6. The molecule has 2 fully saturated rings. The smallest absolute Gasteiger partial charge is 0.115 e. The van der Waals surface area contributed by atoms with Gasteiger partial charge in [0.2, 0.25) is 0 Å². The molecule has 3 aliphatic carbocycles. The van der Waals surface area contributed by atoms with Crippen LogP contribution in [0.3, 0.4) is 0 Å². The molecule has 126 valence electrons. The Morgan fingerprint density at radius 1 is 1.17 bits per heavy atom. The summed E-state index contributed by atoms with van der Waals surface area (Å²) >= 11 is 0. The van der Waals surface area contributed by atoms with E-state index in [1.165, 1.54) is 24.0 Å². The number of aromatic hydroxyl groups is 1. The van der Waals surface area contributed by atoms with Gasteiger partial charge in [0.05, 0.1) is 6.10 Å². The quantitative estimate of drug-likeness (QED) is 0.801. The third kappa shape index (κ3) is 2.17. The number of aliphatic hydroxyl groups excluding tert-OH is 1. The molecule has 23 heavy (non-hydrogen) atoms. The summed E-state index contributed by atoms with van der Waals surface area (Å²) in [5.41, 5.74) is 2.98. The maximum Gasteiger partial charge on any atom is 0.115 e. The minimum atomic E-state index is -0.109. The molecule has 0 aliphatic heterocycles. The van der Waals surface area contributed by atoms with Gasteiger partial charge in [0.1, 0.15) is 5.75 Å². The van der Waals surface area contributed by atoms with E-state index in [-0.39, 0.29) is 11.5 Å². The standard InChI is InChI=1S/C21H30O2/c1-12(2)17-11-13-10-14(22)4-5-15(13)16-8-9-21(3)18(20(16)17)6-7-19(21)23/h4-5,10,12,16-20,22-23H,6-9,11H2,1-3H3. The van der Waals surface area contributed by atoms with Gasteiger partial charge in [-0.1, -0.05) is 26.8 Å². The Hall–Kier alpha value is -1.02. The number of aliphatic hydroxyl groups is 1. The molecule has 2 nitrogen and oxygen atoms in total. The number of hydrogen-bond donors (Lipinski definition) is 2. The second kappa shape index (κ2) is 5.24. The number of rotatable bonds is 1.